The lowest BCUT2D eigenvalue weighted by Crippen LogP contribution is -2.11. The molecular formula is C8H11NO4. The van der Waals surface area contributed by atoms with Crippen molar-refractivity contribution in [1.29, 1.82) is 5.26 Å². The minimum absolute atomic E-state index is 0.0256. The quantitative estimate of drug-likeness (QED) is 0.598. The summed E-state index contributed by atoms with van der Waals surface area (Å²) in [6.07, 6.45) is 1.12. The molecule has 0 bridgehead atoms. The fourth-order valence-electron chi connectivity index (χ4n) is 0.868. The molecule has 5 heteroatoms. The van der Waals surface area contributed by atoms with Crippen LogP contribution in [-0.2, 0) is 9.59 Å². The predicted octanol–water partition coefficient (Wildman–Crippen LogP) is 0.856. The fourth-order valence-corrected chi connectivity index (χ4v) is 0.868. The number of unbranched alkanes of at least 4 members (excludes halogenated alkanes) is 1. The fraction of sp³-hybridized carbons (Fsp3) is 0.625. The minimum atomic E-state index is -1.14. The molecule has 0 radical (unpaired) electrons. The number of nitrogens with zero attached hydrogens (tertiary/aromatic N) is 1. The molecular weight excluding hydrogens is 174 g/mol. The van der Waals surface area contributed by atoms with E-state index in [9.17, 15) is 9.59 Å². The van der Waals surface area contributed by atoms with Crippen molar-refractivity contribution in [2.45, 2.75) is 25.7 Å². The second-order valence-corrected chi connectivity index (χ2v) is 2.66. The maximum absolute atomic E-state index is 10.3. The van der Waals surface area contributed by atoms with E-state index < -0.39 is 17.9 Å². The molecule has 13 heavy (non-hydrogen) atoms. The third-order valence-corrected chi connectivity index (χ3v) is 1.59. The van der Waals surface area contributed by atoms with Gasteiger partial charge in [0.2, 0.25) is 0 Å². The normalized spacial score (nSPS) is 11.6. The van der Waals surface area contributed by atoms with Gasteiger partial charge < -0.3 is 10.2 Å². The Kier molecular flexibility index (Phi) is 5.28. The van der Waals surface area contributed by atoms with Crippen LogP contribution in [0.1, 0.15) is 25.7 Å². The van der Waals surface area contributed by atoms with Crippen LogP contribution in [0, 0.1) is 17.2 Å². The van der Waals surface area contributed by atoms with Crippen molar-refractivity contribution < 1.29 is 19.8 Å². The molecule has 0 saturated heterocycles. The van der Waals surface area contributed by atoms with Crippen LogP contribution in [0.2, 0.25) is 0 Å². The molecule has 0 aliphatic carbocycles. The highest BCUT2D eigenvalue weighted by atomic mass is 16.4. The van der Waals surface area contributed by atoms with E-state index in [1.807, 2.05) is 0 Å². The van der Waals surface area contributed by atoms with Gasteiger partial charge in [-0.25, -0.2) is 0 Å². The number of hydrogen-bond donors (Lipinski definition) is 2. The van der Waals surface area contributed by atoms with E-state index in [0.29, 0.717) is 12.8 Å². The average Bonchev–Trinajstić information content (AvgIpc) is 2.03. The van der Waals surface area contributed by atoms with Crippen LogP contribution >= 0.6 is 0 Å². The molecule has 1 atom stereocenters. The monoisotopic (exact) mass is 185 g/mol. The van der Waals surface area contributed by atoms with E-state index in [4.69, 9.17) is 15.5 Å². The van der Waals surface area contributed by atoms with Crippen molar-refractivity contribution in [3.05, 3.63) is 0 Å². The smallest absolute Gasteiger partial charge is 0.320 e. The number of carboxylic acids is 2. The maximum atomic E-state index is 10.3. The Morgan fingerprint density at radius 2 is 1.92 bits per heavy atom. The molecule has 0 aromatic carbocycles. The third-order valence-electron chi connectivity index (χ3n) is 1.59. The second-order valence-electron chi connectivity index (χ2n) is 2.66. The number of nitriles is 1. The van der Waals surface area contributed by atoms with Crippen LogP contribution in [0.5, 0.6) is 0 Å². The van der Waals surface area contributed by atoms with Gasteiger partial charge in [0.05, 0.1) is 6.07 Å². The van der Waals surface area contributed by atoms with E-state index in [1.54, 1.807) is 6.07 Å². The zero-order valence-electron chi connectivity index (χ0n) is 7.06. The molecule has 0 aliphatic heterocycles. The minimum Gasteiger partial charge on any atom is -0.481 e. The van der Waals surface area contributed by atoms with Crippen LogP contribution < -0.4 is 0 Å². The average molecular weight is 185 g/mol. The Balaban J connectivity index is 3.57. The van der Waals surface area contributed by atoms with Gasteiger partial charge in [0.1, 0.15) is 5.92 Å². The maximum Gasteiger partial charge on any atom is 0.320 e. The van der Waals surface area contributed by atoms with E-state index >= 15 is 0 Å². The van der Waals surface area contributed by atoms with Crippen LogP contribution in [-0.4, -0.2) is 22.2 Å². The summed E-state index contributed by atoms with van der Waals surface area (Å²) in [7, 11) is 0. The first-order valence-corrected chi connectivity index (χ1v) is 3.92. The third kappa shape index (κ3) is 5.67. The summed E-state index contributed by atoms with van der Waals surface area (Å²) in [6.45, 7) is 0. The standard InChI is InChI=1S/C8H11NO4/c9-5-6(8(12)13)3-1-2-4-7(10)11/h6H,1-4H2,(H,10,11)(H,12,13). The van der Waals surface area contributed by atoms with E-state index in [2.05, 4.69) is 0 Å². The van der Waals surface area contributed by atoms with Crippen molar-refractivity contribution in [3.63, 3.8) is 0 Å². The molecule has 1 unspecified atom stereocenters. The summed E-state index contributed by atoms with van der Waals surface area (Å²) < 4.78 is 0. The summed E-state index contributed by atoms with van der Waals surface area (Å²) in [5.41, 5.74) is 0. The molecule has 5 nitrogen and oxygen atoms in total. The molecule has 0 saturated carbocycles. The Labute approximate surface area is 75.6 Å². The van der Waals surface area contributed by atoms with Crippen LogP contribution in [0.3, 0.4) is 0 Å². The zero-order valence-corrected chi connectivity index (χ0v) is 7.06. The van der Waals surface area contributed by atoms with Gasteiger partial charge in [0, 0.05) is 6.42 Å². The zero-order chi connectivity index (χ0) is 10.3. The van der Waals surface area contributed by atoms with Gasteiger partial charge in [-0.2, -0.15) is 5.26 Å². The first kappa shape index (κ1) is 11.4. The number of rotatable bonds is 6. The number of carbonyl (C=O) groups is 2. The first-order chi connectivity index (χ1) is 6.07. The number of aliphatic carboxylic acids is 2. The molecule has 2 N–H and O–H groups in total. The lowest BCUT2D eigenvalue weighted by Gasteiger charge is -2.01. The van der Waals surface area contributed by atoms with Gasteiger partial charge in [-0.15, -0.1) is 0 Å². The molecule has 0 aliphatic rings. The Bertz CT molecular complexity index is 231. The van der Waals surface area contributed by atoms with Crippen LogP contribution in [0.15, 0.2) is 0 Å². The van der Waals surface area contributed by atoms with Crippen molar-refractivity contribution in [3.8, 4) is 6.07 Å². The van der Waals surface area contributed by atoms with Crippen LogP contribution in [0.25, 0.3) is 0 Å². The van der Waals surface area contributed by atoms with E-state index in [-0.39, 0.29) is 12.8 Å². The van der Waals surface area contributed by atoms with Gasteiger partial charge in [0.15, 0.2) is 0 Å². The van der Waals surface area contributed by atoms with Crippen molar-refractivity contribution in [2.24, 2.45) is 5.92 Å². The SMILES string of the molecule is N#CC(CCCCC(=O)O)C(=O)O. The molecule has 0 rings (SSSR count). The molecule has 0 fully saturated rings. The highest BCUT2D eigenvalue weighted by Gasteiger charge is 2.15. The second kappa shape index (κ2) is 6.00. The van der Waals surface area contributed by atoms with Crippen molar-refractivity contribution in [1.82, 2.24) is 0 Å². The molecule has 0 spiro atoms. The summed E-state index contributed by atoms with van der Waals surface area (Å²) in [5.74, 6) is -3.05. The topological polar surface area (TPSA) is 98.4 Å². The molecule has 0 aromatic rings. The van der Waals surface area contributed by atoms with Gasteiger partial charge in [0.25, 0.3) is 0 Å². The molecule has 0 aromatic heterocycles. The predicted molar refractivity (Wildman–Crippen MR) is 42.8 cm³/mol. The number of hydrogen-bond acceptors (Lipinski definition) is 3. The largest absolute Gasteiger partial charge is 0.481 e. The van der Waals surface area contributed by atoms with Gasteiger partial charge in [-0.1, -0.05) is 6.42 Å². The van der Waals surface area contributed by atoms with Crippen LogP contribution in [0.4, 0.5) is 0 Å². The molecule has 0 amide bonds. The van der Waals surface area contributed by atoms with Crippen molar-refractivity contribution in [2.75, 3.05) is 0 Å². The highest BCUT2D eigenvalue weighted by molar-refractivity contribution is 5.72. The molecule has 72 valence electrons. The summed E-state index contributed by atoms with van der Waals surface area (Å²) in [5, 5.41) is 25.1. The number of carboxylic acid groups (broad SMARTS) is 2. The first-order valence-electron chi connectivity index (χ1n) is 3.92. The van der Waals surface area contributed by atoms with Crippen molar-refractivity contribution >= 4 is 11.9 Å². The lowest BCUT2D eigenvalue weighted by atomic mass is 10.0. The van der Waals surface area contributed by atoms with Gasteiger partial charge >= 0.3 is 11.9 Å². The Hall–Kier alpha value is -1.57. The summed E-state index contributed by atoms with van der Waals surface area (Å²) in [6, 6.07) is 1.64. The van der Waals surface area contributed by atoms with E-state index in [0.717, 1.165) is 0 Å². The lowest BCUT2D eigenvalue weighted by molar-refractivity contribution is -0.140. The van der Waals surface area contributed by atoms with Gasteiger partial charge in [-0.05, 0) is 12.8 Å². The Morgan fingerprint density at radius 3 is 2.31 bits per heavy atom. The summed E-state index contributed by atoms with van der Waals surface area (Å²) in [4.78, 5) is 20.4. The van der Waals surface area contributed by atoms with Gasteiger partial charge in [-0.3, -0.25) is 9.59 Å². The summed E-state index contributed by atoms with van der Waals surface area (Å²) >= 11 is 0. The van der Waals surface area contributed by atoms with E-state index in [1.165, 1.54) is 0 Å². The highest BCUT2D eigenvalue weighted by Crippen LogP contribution is 2.09. The Morgan fingerprint density at radius 1 is 1.31 bits per heavy atom. The molecule has 0 heterocycles.